The SMILES string of the molecule is CCOC(=O)c1sc(NC(=O)C2CC2[N+](=O)[O-])cc1C. The van der Waals surface area contributed by atoms with E-state index in [1.165, 1.54) is 0 Å². The Balaban J connectivity index is 2.01. The average molecular weight is 298 g/mol. The first-order chi connectivity index (χ1) is 9.43. The lowest BCUT2D eigenvalue weighted by Gasteiger charge is -2.00. The van der Waals surface area contributed by atoms with Gasteiger partial charge in [-0.25, -0.2) is 4.79 Å². The third kappa shape index (κ3) is 2.96. The van der Waals surface area contributed by atoms with E-state index in [2.05, 4.69) is 5.32 Å². The Hall–Kier alpha value is -1.96. The highest BCUT2D eigenvalue weighted by Crippen LogP contribution is 2.35. The van der Waals surface area contributed by atoms with Crippen molar-refractivity contribution in [2.24, 2.45) is 5.92 Å². The third-order valence-electron chi connectivity index (χ3n) is 2.99. The summed E-state index contributed by atoms with van der Waals surface area (Å²) in [5.74, 6) is -1.37. The summed E-state index contributed by atoms with van der Waals surface area (Å²) in [5, 5.41) is 13.6. The second kappa shape index (κ2) is 5.58. The molecule has 108 valence electrons. The maximum Gasteiger partial charge on any atom is 0.348 e. The Morgan fingerprint density at radius 2 is 2.30 bits per heavy atom. The first-order valence-electron chi connectivity index (χ1n) is 6.16. The van der Waals surface area contributed by atoms with Crippen LogP contribution in [0.5, 0.6) is 0 Å². The first-order valence-corrected chi connectivity index (χ1v) is 6.97. The Kier molecular flexibility index (Phi) is 4.03. The molecule has 1 aromatic rings. The van der Waals surface area contributed by atoms with Gasteiger partial charge in [-0.05, 0) is 25.5 Å². The number of hydrogen-bond acceptors (Lipinski definition) is 6. The molecular formula is C12H14N2O5S. The predicted molar refractivity (Wildman–Crippen MR) is 72.5 cm³/mol. The maximum atomic E-state index is 11.8. The van der Waals surface area contributed by atoms with Crippen LogP contribution in [0, 0.1) is 23.0 Å². The average Bonchev–Trinajstić information content (AvgIpc) is 3.09. The number of carbonyl (C=O) groups is 2. The molecule has 20 heavy (non-hydrogen) atoms. The quantitative estimate of drug-likeness (QED) is 0.508. The van der Waals surface area contributed by atoms with E-state index in [9.17, 15) is 19.7 Å². The number of amides is 1. The maximum absolute atomic E-state index is 11.8. The van der Waals surface area contributed by atoms with Gasteiger partial charge in [-0.1, -0.05) is 0 Å². The van der Waals surface area contributed by atoms with Crippen LogP contribution in [0.25, 0.3) is 0 Å². The molecule has 1 amide bonds. The van der Waals surface area contributed by atoms with Crippen molar-refractivity contribution in [2.45, 2.75) is 26.3 Å². The van der Waals surface area contributed by atoms with Gasteiger partial charge in [0.05, 0.1) is 11.6 Å². The molecular weight excluding hydrogens is 284 g/mol. The molecule has 1 aliphatic rings. The van der Waals surface area contributed by atoms with Crippen LogP contribution in [0.15, 0.2) is 6.07 Å². The monoisotopic (exact) mass is 298 g/mol. The lowest BCUT2D eigenvalue weighted by atomic mass is 10.3. The van der Waals surface area contributed by atoms with Crippen LogP contribution in [0.2, 0.25) is 0 Å². The van der Waals surface area contributed by atoms with Gasteiger partial charge in [-0.3, -0.25) is 14.9 Å². The van der Waals surface area contributed by atoms with Crippen LogP contribution < -0.4 is 5.32 Å². The minimum absolute atomic E-state index is 0.272. The largest absolute Gasteiger partial charge is 0.462 e. The van der Waals surface area contributed by atoms with Crippen LogP contribution in [0.1, 0.15) is 28.6 Å². The molecule has 0 aromatic carbocycles. The molecule has 2 atom stereocenters. The fourth-order valence-corrected chi connectivity index (χ4v) is 2.82. The normalized spacial score (nSPS) is 20.3. The summed E-state index contributed by atoms with van der Waals surface area (Å²) in [6.07, 6.45) is 0.272. The van der Waals surface area contributed by atoms with Crippen molar-refractivity contribution >= 4 is 28.2 Å². The zero-order chi connectivity index (χ0) is 14.9. The van der Waals surface area contributed by atoms with Crippen LogP contribution in [0.3, 0.4) is 0 Å². The number of anilines is 1. The molecule has 1 N–H and O–H groups in total. The molecule has 0 saturated heterocycles. The van der Waals surface area contributed by atoms with Gasteiger partial charge >= 0.3 is 5.97 Å². The standard InChI is InChI=1S/C12H14N2O5S/c1-3-19-12(16)10-6(2)4-9(20-10)13-11(15)7-5-8(7)14(17)18/h4,7-8H,3,5H2,1-2H3,(H,13,15). The predicted octanol–water partition coefficient (Wildman–Crippen LogP) is 1.84. The van der Waals surface area contributed by atoms with Gasteiger partial charge in [0.1, 0.15) is 10.8 Å². The van der Waals surface area contributed by atoms with Crippen molar-refractivity contribution < 1.29 is 19.2 Å². The zero-order valence-corrected chi connectivity index (χ0v) is 11.9. The minimum atomic E-state index is -0.777. The Morgan fingerprint density at radius 1 is 1.60 bits per heavy atom. The summed E-state index contributed by atoms with van der Waals surface area (Å²) < 4.78 is 4.90. The number of ether oxygens (including phenoxy) is 1. The van der Waals surface area contributed by atoms with Gasteiger partial charge in [0.2, 0.25) is 11.9 Å². The van der Waals surface area contributed by atoms with Crippen LogP contribution in [0.4, 0.5) is 5.00 Å². The van der Waals surface area contributed by atoms with Crippen LogP contribution >= 0.6 is 11.3 Å². The smallest absolute Gasteiger partial charge is 0.348 e. The van der Waals surface area contributed by atoms with Gasteiger partial charge in [0.25, 0.3) is 0 Å². The Labute approximate surface area is 119 Å². The molecule has 0 radical (unpaired) electrons. The van der Waals surface area contributed by atoms with Gasteiger partial charge in [0, 0.05) is 11.3 Å². The zero-order valence-electron chi connectivity index (χ0n) is 11.0. The van der Waals surface area contributed by atoms with E-state index in [1.807, 2.05) is 0 Å². The van der Waals surface area contributed by atoms with Crippen molar-refractivity contribution in [1.82, 2.24) is 0 Å². The molecule has 1 aromatic heterocycles. The Bertz CT molecular complexity index is 568. The van der Waals surface area contributed by atoms with E-state index in [4.69, 9.17) is 4.74 Å². The summed E-state index contributed by atoms with van der Waals surface area (Å²) in [6.45, 7) is 3.74. The lowest BCUT2D eigenvalue weighted by Crippen LogP contribution is -2.17. The highest BCUT2D eigenvalue weighted by molar-refractivity contribution is 7.18. The number of nitrogens with zero attached hydrogens (tertiary/aromatic N) is 1. The molecule has 2 rings (SSSR count). The van der Waals surface area contributed by atoms with Crippen molar-refractivity contribution in [3.63, 3.8) is 0 Å². The number of esters is 1. The van der Waals surface area contributed by atoms with Gasteiger partial charge in [-0.2, -0.15) is 0 Å². The summed E-state index contributed by atoms with van der Waals surface area (Å²) in [5.41, 5.74) is 0.713. The Morgan fingerprint density at radius 3 is 2.85 bits per heavy atom. The second-order valence-corrected chi connectivity index (χ2v) is 5.58. The molecule has 1 saturated carbocycles. The summed E-state index contributed by atoms with van der Waals surface area (Å²) >= 11 is 1.11. The summed E-state index contributed by atoms with van der Waals surface area (Å²) in [7, 11) is 0. The fraction of sp³-hybridized carbons (Fsp3) is 0.500. The van der Waals surface area contributed by atoms with E-state index in [0.717, 1.165) is 11.3 Å². The lowest BCUT2D eigenvalue weighted by molar-refractivity contribution is -0.497. The number of hydrogen-bond donors (Lipinski definition) is 1. The topological polar surface area (TPSA) is 98.5 Å². The number of aryl methyl sites for hydroxylation is 1. The van der Waals surface area contributed by atoms with E-state index >= 15 is 0 Å². The highest BCUT2D eigenvalue weighted by Gasteiger charge is 2.53. The number of carbonyl (C=O) groups excluding carboxylic acids is 2. The molecule has 7 nitrogen and oxygen atoms in total. The van der Waals surface area contributed by atoms with Gasteiger partial charge in [0.15, 0.2) is 0 Å². The molecule has 0 spiro atoms. The number of thiophene rings is 1. The van der Waals surface area contributed by atoms with E-state index in [-0.39, 0.29) is 18.9 Å². The molecule has 1 heterocycles. The fourth-order valence-electron chi connectivity index (χ4n) is 1.85. The molecule has 1 aliphatic carbocycles. The molecule has 0 aliphatic heterocycles. The van der Waals surface area contributed by atoms with Gasteiger partial charge < -0.3 is 10.1 Å². The number of nitrogens with one attached hydrogen (secondary N) is 1. The molecule has 8 heteroatoms. The first kappa shape index (κ1) is 14.4. The van der Waals surface area contributed by atoms with Crippen LogP contribution in [-0.4, -0.2) is 29.4 Å². The number of rotatable bonds is 5. The summed E-state index contributed by atoms with van der Waals surface area (Å²) in [6, 6.07) is 0.888. The van der Waals surface area contributed by atoms with Crippen LogP contribution in [-0.2, 0) is 9.53 Å². The molecule has 1 fully saturated rings. The minimum Gasteiger partial charge on any atom is -0.462 e. The second-order valence-electron chi connectivity index (χ2n) is 4.53. The highest BCUT2D eigenvalue weighted by atomic mass is 32.1. The van der Waals surface area contributed by atoms with Crippen molar-refractivity contribution in [2.75, 3.05) is 11.9 Å². The third-order valence-corrected chi connectivity index (χ3v) is 4.12. The van der Waals surface area contributed by atoms with Crippen molar-refractivity contribution in [1.29, 1.82) is 0 Å². The van der Waals surface area contributed by atoms with E-state index < -0.39 is 22.9 Å². The van der Waals surface area contributed by atoms with Crippen molar-refractivity contribution in [3.8, 4) is 0 Å². The summed E-state index contributed by atoms with van der Waals surface area (Å²) in [4.78, 5) is 33.9. The van der Waals surface area contributed by atoms with E-state index in [1.54, 1.807) is 19.9 Å². The number of nitro groups is 1. The molecule has 0 bridgehead atoms. The van der Waals surface area contributed by atoms with E-state index in [0.29, 0.717) is 15.4 Å². The molecule has 2 unspecified atom stereocenters. The van der Waals surface area contributed by atoms with Gasteiger partial charge in [-0.15, -0.1) is 11.3 Å². The van der Waals surface area contributed by atoms with Crippen molar-refractivity contribution in [3.05, 3.63) is 26.6 Å².